The zero-order valence-electron chi connectivity index (χ0n) is 8.70. The summed E-state index contributed by atoms with van der Waals surface area (Å²) in [5.74, 6) is 1.82. The number of hydrogen-bond donors (Lipinski definition) is 2. The Morgan fingerprint density at radius 3 is 3.00 bits per heavy atom. The van der Waals surface area contributed by atoms with Gasteiger partial charge in [0, 0.05) is 12.2 Å². The summed E-state index contributed by atoms with van der Waals surface area (Å²) < 4.78 is 0.871. The lowest BCUT2D eigenvalue weighted by atomic mass is 10.1. The summed E-state index contributed by atoms with van der Waals surface area (Å²) in [6.07, 6.45) is 5.47. The maximum absolute atomic E-state index is 5.55. The molecule has 3 N–H and O–H groups in total. The van der Waals surface area contributed by atoms with Crippen LogP contribution in [0.5, 0.6) is 0 Å². The maximum Gasteiger partial charge on any atom is 0.221 e. The summed E-state index contributed by atoms with van der Waals surface area (Å²) in [6.45, 7) is 2.27. The molecule has 2 unspecified atom stereocenters. The predicted octanol–water partition coefficient (Wildman–Crippen LogP) is 2.42. The molecule has 1 saturated carbocycles. The van der Waals surface area contributed by atoms with E-state index in [4.69, 9.17) is 5.73 Å². The zero-order chi connectivity index (χ0) is 10.8. The molecule has 0 spiro atoms. The fourth-order valence-electron chi connectivity index (χ4n) is 2.02. The van der Waals surface area contributed by atoms with E-state index in [0.717, 1.165) is 10.3 Å². The molecular formula is C10H15BrN4. The van der Waals surface area contributed by atoms with Crippen LogP contribution in [0.1, 0.15) is 26.2 Å². The number of nitrogens with one attached hydrogen (secondary N) is 1. The smallest absolute Gasteiger partial charge is 0.221 e. The van der Waals surface area contributed by atoms with Gasteiger partial charge in [-0.25, -0.2) is 4.98 Å². The van der Waals surface area contributed by atoms with Gasteiger partial charge in [0.05, 0.1) is 4.47 Å². The van der Waals surface area contributed by atoms with Crippen molar-refractivity contribution in [2.24, 2.45) is 5.92 Å². The minimum atomic E-state index is 0.311. The molecule has 1 fully saturated rings. The van der Waals surface area contributed by atoms with Gasteiger partial charge in [0.15, 0.2) is 0 Å². The van der Waals surface area contributed by atoms with Gasteiger partial charge in [0.2, 0.25) is 5.95 Å². The average molecular weight is 271 g/mol. The Hall–Kier alpha value is -0.840. The van der Waals surface area contributed by atoms with Gasteiger partial charge in [-0.3, -0.25) is 0 Å². The monoisotopic (exact) mass is 270 g/mol. The molecule has 15 heavy (non-hydrogen) atoms. The largest absolute Gasteiger partial charge is 0.368 e. The average Bonchev–Trinajstić information content (AvgIpc) is 2.58. The van der Waals surface area contributed by atoms with Crippen LogP contribution in [0.25, 0.3) is 0 Å². The van der Waals surface area contributed by atoms with Crippen LogP contribution in [0, 0.1) is 5.92 Å². The third kappa shape index (κ3) is 2.40. The van der Waals surface area contributed by atoms with Crippen LogP contribution in [0.4, 0.5) is 11.8 Å². The highest BCUT2D eigenvalue weighted by atomic mass is 79.9. The number of nitrogens with zero attached hydrogens (tertiary/aromatic N) is 2. The van der Waals surface area contributed by atoms with Crippen molar-refractivity contribution in [3.63, 3.8) is 0 Å². The molecule has 1 aromatic rings. The second kappa shape index (κ2) is 4.35. The molecule has 82 valence electrons. The van der Waals surface area contributed by atoms with Crippen LogP contribution in [0.2, 0.25) is 0 Å². The zero-order valence-corrected chi connectivity index (χ0v) is 10.3. The first-order chi connectivity index (χ1) is 7.16. The highest BCUT2D eigenvalue weighted by Crippen LogP contribution is 2.29. The highest BCUT2D eigenvalue weighted by molar-refractivity contribution is 9.10. The summed E-state index contributed by atoms with van der Waals surface area (Å²) in [7, 11) is 0. The van der Waals surface area contributed by atoms with E-state index in [1.54, 1.807) is 6.20 Å². The summed E-state index contributed by atoms with van der Waals surface area (Å²) >= 11 is 3.41. The van der Waals surface area contributed by atoms with Crippen molar-refractivity contribution in [1.82, 2.24) is 9.97 Å². The third-order valence-corrected chi connectivity index (χ3v) is 3.53. The van der Waals surface area contributed by atoms with Gasteiger partial charge in [-0.15, -0.1) is 0 Å². The minimum absolute atomic E-state index is 0.311. The molecule has 0 saturated heterocycles. The number of nitrogens with two attached hydrogens (primary N) is 1. The van der Waals surface area contributed by atoms with Crippen LogP contribution in [-0.4, -0.2) is 16.0 Å². The van der Waals surface area contributed by atoms with Crippen LogP contribution >= 0.6 is 15.9 Å². The Labute approximate surface area is 97.8 Å². The molecule has 2 rings (SSSR count). The topological polar surface area (TPSA) is 63.8 Å². The van der Waals surface area contributed by atoms with Crippen molar-refractivity contribution in [2.45, 2.75) is 32.2 Å². The van der Waals surface area contributed by atoms with Crippen molar-refractivity contribution in [3.8, 4) is 0 Å². The Morgan fingerprint density at radius 2 is 2.33 bits per heavy atom. The molecule has 4 nitrogen and oxygen atoms in total. The van der Waals surface area contributed by atoms with Crippen molar-refractivity contribution in [2.75, 3.05) is 11.1 Å². The Balaban J connectivity index is 2.12. The van der Waals surface area contributed by atoms with Gasteiger partial charge < -0.3 is 11.1 Å². The fraction of sp³-hybridized carbons (Fsp3) is 0.600. The first-order valence-electron chi connectivity index (χ1n) is 5.21. The summed E-state index contributed by atoms with van der Waals surface area (Å²) in [4.78, 5) is 8.09. The molecule has 0 amide bonds. The predicted molar refractivity (Wildman–Crippen MR) is 64.6 cm³/mol. The Kier molecular flexibility index (Phi) is 3.09. The lowest BCUT2D eigenvalue weighted by molar-refractivity contribution is 0.554. The number of halogens is 1. The first-order valence-corrected chi connectivity index (χ1v) is 6.00. The van der Waals surface area contributed by atoms with Crippen LogP contribution in [-0.2, 0) is 0 Å². The van der Waals surface area contributed by atoms with E-state index < -0.39 is 0 Å². The van der Waals surface area contributed by atoms with Crippen LogP contribution in [0.3, 0.4) is 0 Å². The molecule has 1 heterocycles. The van der Waals surface area contributed by atoms with Gasteiger partial charge in [-0.2, -0.15) is 4.98 Å². The number of aromatic nitrogens is 2. The van der Waals surface area contributed by atoms with E-state index >= 15 is 0 Å². The number of hydrogen-bond acceptors (Lipinski definition) is 4. The molecule has 2 atom stereocenters. The highest BCUT2D eigenvalue weighted by Gasteiger charge is 2.24. The van der Waals surface area contributed by atoms with Gasteiger partial charge >= 0.3 is 0 Å². The van der Waals surface area contributed by atoms with E-state index in [2.05, 4.69) is 38.1 Å². The first kappa shape index (κ1) is 10.7. The molecular weight excluding hydrogens is 256 g/mol. The molecule has 0 aliphatic heterocycles. The third-order valence-electron chi connectivity index (χ3n) is 2.95. The van der Waals surface area contributed by atoms with E-state index in [9.17, 15) is 0 Å². The van der Waals surface area contributed by atoms with Crippen molar-refractivity contribution >= 4 is 27.7 Å². The molecule has 0 bridgehead atoms. The SMILES string of the molecule is CC1CCCC1Nc1nc(N)ncc1Br. The Bertz CT molecular complexity index is 355. The second-order valence-electron chi connectivity index (χ2n) is 4.08. The molecule has 5 heteroatoms. The quantitative estimate of drug-likeness (QED) is 0.867. The lowest BCUT2D eigenvalue weighted by Crippen LogP contribution is -2.23. The number of rotatable bonds is 2. The van der Waals surface area contributed by atoms with Gasteiger partial charge in [-0.1, -0.05) is 13.3 Å². The van der Waals surface area contributed by atoms with Crippen LogP contribution in [0.15, 0.2) is 10.7 Å². The number of anilines is 2. The normalized spacial score (nSPS) is 25.5. The van der Waals surface area contributed by atoms with E-state index in [1.807, 2.05) is 0 Å². The van der Waals surface area contributed by atoms with E-state index in [0.29, 0.717) is 17.9 Å². The van der Waals surface area contributed by atoms with Crippen LogP contribution < -0.4 is 11.1 Å². The molecule has 0 aromatic carbocycles. The summed E-state index contributed by atoms with van der Waals surface area (Å²) in [5, 5.41) is 3.42. The summed E-state index contributed by atoms with van der Waals surface area (Å²) in [5.41, 5.74) is 5.55. The van der Waals surface area contributed by atoms with E-state index in [-0.39, 0.29) is 0 Å². The fourth-order valence-corrected chi connectivity index (χ4v) is 2.32. The molecule has 1 aromatic heterocycles. The van der Waals surface area contributed by atoms with Crippen molar-refractivity contribution in [1.29, 1.82) is 0 Å². The van der Waals surface area contributed by atoms with Crippen molar-refractivity contribution < 1.29 is 0 Å². The second-order valence-corrected chi connectivity index (χ2v) is 4.94. The standard InChI is InChI=1S/C10H15BrN4/c1-6-3-2-4-8(6)14-9-7(11)5-13-10(12)15-9/h5-6,8H,2-4H2,1H3,(H3,12,13,14,15). The van der Waals surface area contributed by atoms with Crippen molar-refractivity contribution in [3.05, 3.63) is 10.7 Å². The summed E-state index contributed by atoms with van der Waals surface area (Å²) in [6, 6.07) is 0.510. The Morgan fingerprint density at radius 1 is 1.53 bits per heavy atom. The molecule has 1 aliphatic rings. The molecule has 1 aliphatic carbocycles. The van der Waals surface area contributed by atoms with E-state index in [1.165, 1.54) is 19.3 Å². The van der Waals surface area contributed by atoms with Gasteiger partial charge in [0.1, 0.15) is 5.82 Å². The number of nitrogen functional groups attached to an aromatic ring is 1. The minimum Gasteiger partial charge on any atom is -0.368 e. The van der Waals surface area contributed by atoms with Gasteiger partial charge in [-0.05, 0) is 34.7 Å². The molecule has 0 radical (unpaired) electrons. The maximum atomic E-state index is 5.55. The lowest BCUT2D eigenvalue weighted by Gasteiger charge is -2.18. The van der Waals surface area contributed by atoms with Gasteiger partial charge in [0.25, 0.3) is 0 Å².